The summed E-state index contributed by atoms with van der Waals surface area (Å²) < 4.78 is 10.6. The first-order chi connectivity index (χ1) is 18.2. The van der Waals surface area contributed by atoms with Crippen LogP contribution in [0.25, 0.3) is 0 Å². The SMILES string of the molecule is CC(C)(C)OC(=O)[C@H](CNC(=O)CCC1CC(CCNC2=NCCN2)=NO1)NC(=O)OCc1ccccc1. The van der Waals surface area contributed by atoms with E-state index in [2.05, 4.69) is 31.4 Å². The largest absolute Gasteiger partial charge is 0.458 e. The molecule has 2 aliphatic heterocycles. The van der Waals surface area contributed by atoms with Gasteiger partial charge in [0, 0.05) is 38.9 Å². The number of amides is 2. The molecule has 2 atom stereocenters. The molecule has 0 radical (unpaired) electrons. The quantitative estimate of drug-likeness (QED) is 0.298. The average Bonchev–Trinajstić information content (AvgIpc) is 3.56. The molecule has 2 aliphatic rings. The number of carbonyl (C=O) groups is 3. The van der Waals surface area contributed by atoms with Crippen molar-refractivity contribution in [3.8, 4) is 0 Å². The lowest BCUT2D eigenvalue weighted by Gasteiger charge is -2.24. The van der Waals surface area contributed by atoms with Crippen molar-refractivity contribution in [1.29, 1.82) is 0 Å². The van der Waals surface area contributed by atoms with Crippen molar-refractivity contribution in [2.24, 2.45) is 10.1 Å². The molecular formula is C26H38N6O6. The second-order valence-corrected chi connectivity index (χ2v) is 10.1. The minimum atomic E-state index is -1.11. The highest BCUT2D eigenvalue weighted by Gasteiger charge is 2.28. The lowest BCUT2D eigenvalue weighted by atomic mass is 10.1. The van der Waals surface area contributed by atoms with E-state index in [1.54, 1.807) is 20.8 Å². The van der Waals surface area contributed by atoms with Crippen LogP contribution in [0.2, 0.25) is 0 Å². The number of oxime groups is 1. The topological polar surface area (TPSA) is 152 Å². The second kappa shape index (κ2) is 14.2. The molecule has 1 aromatic carbocycles. The van der Waals surface area contributed by atoms with Gasteiger partial charge in [-0.15, -0.1) is 0 Å². The maximum atomic E-state index is 12.7. The highest BCUT2D eigenvalue weighted by Crippen LogP contribution is 2.17. The molecule has 1 unspecified atom stereocenters. The van der Waals surface area contributed by atoms with E-state index in [4.69, 9.17) is 14.3 Å². The zero-order chi connectivity index (χ0) is 27.4. The van der Waals surface area contributed by atoms with Gasteiger partial charge in [-0.05, 0) is 32.8 Å². The smallest absolute Gasteiger partial charge is 0.408 e. The van der Waals surface area contributed by atoms with Gasteiger partial charge in [-0.1, -0.05) is 35.5 Å². The molecule has 208 valence electrons. The van der Waals surface area contributed by atoms with Crippen molar-refractivity contribution >= 4 is 29.6 Å². The van der Waals surface area contributed by atoms with Crippen molar-refractivity contribution in [2.45, 2.75) is 70.8 Å². The zero-order valence-electron chi connectivity index (χ0n) is 22.2. The lowest BCUT2D eigenvalue weighted by molar-refractivity contribution is -0.157. The van der Waals surface area contributed by atoms with E-state index < -0.39 is 23.7 Å². The molecule has 2 amide bonds. The Labute approximate surface area is 222 Å². The van der Waals surface area contributed by atoms with Gasteiger partial charge in [0.25, 0.3) is 0 Å². The highest BCUT2D eigenvalue weighted by atomic mass is 16.6. The van der Waals surface area contributed by atoms with E-state index in [-0.39, 0.29) is 31.6 Å². The van der Waals surface area contributed by atoms with Crippen LogP contribution in [0.5, 0.6) is 0 Å². The van der Waals surface area contributed by atoms with E-state index in [9.17, 15) is 14.4 Å². The number of benzene rings is 1. The molecule has 3 rings (SSSR count). The number of alkyl carbamates (subject to hydrolysis) is 1. The number of nitrogens with one attached hydrogen (secondary N) is 4. The van der Waals surface area contributed by atoms with E-state index in [0.717, 1.165) is 36.7 Å². The predicted octanol–water partition coefficient (Wildman–Crippen LogP) is 1.60. The van der Waals surface area contributed by atoms with Crippen molar-refractivity contribution < 1.29 is 28.7 Å². The summed E-state index contributed by atoms with van der Waals surface area (Å²) >= 11 is 0. The Bertz CT molecular complexity index is 1010. The van der Waals surface area contributed by atoms with Gasteiger partial charge in [-0.25, -0.2) is 9.59 Å². The summed E-state index contributed by atoms with van der Waals surface area (Å²) in [6.07, 6.45) is 1.09. The molecule has 12 heteroatoms. The maximum Gasteiger partial charge on any atom is 0.408 e. The Kier molecular flexibility index (Phi) is 10.7. The first-order valence-corrected chi connectivity index (χ1v) is 12.9. The van der Waals surface area contributed by atoms with Crippen LogP contribution in [-0.4, -0.2) is 73.6 Å². The number of guanidine groups is 1. The van der Waals surface area contributed by atoms with Crippen LogP contribution >= 0.6 is 0 Å². The molecule has 38 heavy (non-hydrogen) atoms. The van der Waals surface area contributed by atoms with Gasteiger partial charge >= 0.3 is 12.1 Å². The van der Waals surface area contributed by atoms with Gasteiger partial charge in [0.15, 0.2) is 5.96 Å². The number of hydrogen-bond donors (Lipinski definition) is 4. The molecular weight excluding hydrogens is 492 g/mol. The number of hydrogen-bond acceptors (Lipinski definition) is 10. The van der Waals surface area contributed by atoms with Crippen LogP contribution in [0.15, 0.2) is 40.5 Å². The van der Waals surface area contributed by atoms with Crippen molar-refractivity contribution in [2.75, 3.05) is 26.2 Å². The minimum Gasteiger partial charge on any atom is -0.458 e. The molecule has 0 aliphatic carbocycles. The number of esters is 1. The van der Waals surface area contributed by atoms with Gasteiger partial charge in [0.2, 0.25) is 5.91 Å². The Morgan fingerprint density at radius 1 is 1.21 bits per heavy atom. The normalized spacial score (nSPS) is 17.3. The fourth-order valence-corrected chi connectivity index (χ4v) is 3.70. The van der Waals surface area contributed by atoms with Crippen LogP contribution in [0, 0.1) is 0 Å². The maximum absolute atomic E-state index is 12.7. The van der Waals surface area contributed by atoms with Crippen molar-refractivity contribution in [3.63, 3.8) is 0 Å². The molecule has 0 fully saturated rings. The van der Waals surface area contributed by atoms with Crippen LogP contribution in [0.3, 0.4) is 0 Å². The van der Waals surface area contributed by atoms with E-state index >= 15 is 0 Å². The summed E-state index contributed by atoms with van der Waals surface area (Å²) in [4.78, 5) is 47.2. The van der Waals surface area contributed by atoms with E-state index in [1.807, 2.05) is 30.3 Å². The van der Waals surface area contributed by atoms with Crippen molar-refractivity contribution in [1.82, 2.24) is 21.3 Å². The monoisotopic (exact) mass is 530 g/mol. The van der Waals surface area contributed by atoms with E-state index in [0.29, 0.717) is 19.4 Å². The second-order valence-electron chi connectivity index (χ2n) is 10.1. The third-order valence-electron chi connectivity index (χ3n) is 5.57. The zero-order valence-corrected chi connectivity index (χ0v) is 22.2. The van der Waals surface area contributed by atoms with Gasteiger partial charge in [0.1, 0.15) is 24.4 Å². The van der Waals surface area contributed by atoms with Gasteiger partial charge in [-0.2, -0.15) is 0 Å². The Balaban J connectivity index is 1.38. The lowest BCUT2D eigenvalue weighted by Crippen LogP contribution is -2.50. The van der Waals surface area contributed by atoms with Gasteiger partial charge in [0.05, 0.1) is 12.3 Å². The molecule has 0 saturated heterocycles. The molecule has 12 nitrogen and oxygen atoms in total. The molecule has 0 saturated carbocycles. The van der Waals surface area contributed by atoms with Crippen LogP contribution in [0.1, 0.15) is 52.0 Å². The summed E-state index contributed by atoms with van der Waals surface area (Å²) in [6.45, 7) is 7.42. The third kappa shape index (κ3) is 10.7. The summed E-state index contributed by atoms with van der Waals surface area (Å²) in [5.74, 6) is -0.137. The molecule has 0 bridgehead atoms. The van der Waals surface area contributed by atoms with E-state index in [1.165, 1.54) is 0 Å². The predicted molar refractivity (Wildman–Crippen MR) is 141 cm³/mol. The molecule has 2 heterocycles. The Morgan fingerprint density at radius 3 is 2.71 bits per heavy atom. The molecule has 1 aromatic rings. The fraction of sp³-hybridized carbons (Fsp3) is 0.577. The number of nitrogens with zero attached hydrogens (tertiary/aromatic N) is 2. The number of rotatable bonds is 12. The Hall–Kier alpha value is -3.83. The minimum absolute atomic E-state index is 0.0488. The standard InChI is InChI=1S/C26H38N6O6/c1-26(2,3)37-23(34)21(31-25(35)36-17-18-7-5-4-6-8-18)16-30-22(33)10-9-20-15-19(32-38-20)11-12-27-24-28-13-14-29-24/h4-8,20-21H,9-17H2,1-3H3,(H,30,33)(H,31,35)(H2,27,28,29)/t20?,21-/m0/s1. The summed E-state index contributed by atoms with van der Waals surface area (Å²) in [5.41, 5.74) is 0.982. The number of aliphatic imine (C=N–C) groups is 1. The highest BCUT2D eigenvalue weighted by molar-refractivity contribution is 5.87. The first-order valence-electron chi connectivity index (χ1n) is 12.9. The fourth-order valence-electron chi connectivity index (χ4n) is 3.70. The van der Waals surface area contributed by atoms with Gasteiger partial charge < -0.3 is 35.6 Å². The van der Waals surface area contributed by atoms with Crippen molar-refractivity contribution in [3.05, 3.63) is 35.9 Å². The first kappa shape index (κ1) is 28.7. The summed E-state index contributed by atoms with van der Waals surface area (Å²) in [7, 11) is 0. The summed E-state index contributed by atoms with van der Waals surface area (Å²) in [5, 5.41) is 15.7. The average molecular weight is 531 g/mol. The molecule has 0 aromatic heterocycles. The molecule has 0 spiro atoms. The van der Waals surface area contributed by atoms with Crippen LogP contribution in [0.4, 0.5) is 4.79 Å². The number of carbonyl (C=O) groups excluding carboxylic acids is 3. The third-order valence-corrected chi connectivity index (χ3v) is 5.57. The van der Waals surface area contributed by atoms with Crippen LogP contribution < -0.4 is 21.3 Å². The molecule has 4 N–H and O–H groups in total. The number of ether oxygens (including phenoxy) is 2. The van der Waals surface area contributed by atoms with Gasteiger partial charge in [-0.3, -0.25) is 9.79 Å². The summed E-state index contributed by atoms with van der Waals surface area (Å²) in [6, 6.07) is 8.06. The Morgan fingerprint density at radius 2 is 2.00 bits per heavy atom. The van der Waals surface area contributed by atoms with Crippen LogP contribution in [-0.2, 0) is 30.5 Å².